The number of ether oxygens (including phenoxy) is 1. The lowest BCUT2D eigenvalue weighted by atomic mass is 10.1. The summed E-state index contributed by atoms with van der Waals surface area (Å²) in [4.78, 5) is 18.5. The SMILES string of the molecule is CCNC(=NCc1ccccc1CN1CCCC1=O)NCCCOC. The van der Waals surface area contributed by atoms with Gasteiger partial charge in [-0.15, -0.1) is 0 Å². The van der Waals surface area contributed by atoms with E-state index in [1.54, 1.807) is 7.11 Å². The molecule has 6 nitrogen and oxygen atoms in total. The first-order valence-corrected chi connectivity index (χ1v) is 9.10. The van der Waals surface area contributed by atoms with Crippen LogP contribution >= 0.6 is 0 Å². The van der Waals surface area contributed by atoms with E-state index in [4.69, 9.17) is 4.74 Å². The lowest BCUT2D eigenvalue weighted by Gasteiger charge is -2.18. The first kappa shape index (κ1) is 19.2. The highest BCUT2D eigenvalue weighted by molar-refractivity contribution is 5.79. The monoisotopic (exact) mass is 346 g/mol. The van der Waals surface area contributed by atoms with Gasteiger partial charge in [0.05, 0.1) is 6.54 Å². The number of guanidine groups is 1. The summed E-state index contributed by atoms with van der Waals surface area (Å²) in [6, 6.07) is 8.24. The summed E-state index contributed by atoms with van der Waals surface area (Å²) in [7, 11) is 1.71. The summed E-state index contributed by atoms with van der Waals surface area (Å²) in [5.41, 5.74) is 2.34. The van der Waals surface area contributed by atoms with Crippen molar-refractivity contribution in [2.75, 3.05) is 33.4 Å². The van der Waals surface area contributed by atoms with Gasteiger partial charge < -0.3 is 20.3 Å². The minimum absolute atomic E-state index is 0.256. The van der Waals surface area contributed by atoms with Crippen molar-refractivity contribution in [1.82, 2.24) is 15.5 Å². The molecule has 0 aliphatic carbocycles. The Kier molecular flexibility index (Phi) is 8.25. The van der Waals surface area contributed by atoms with E-state index in [2.05, 4.69) is 34.7 Å². The minimum Gasteiger partial charge on any atom is -0.385 e. The van der Waals surface area contributed by atoms with Crippen LogP contribution in [-0.4, -0.2) is 50.1 Å². The molecule has 1 aliphatic heterocycles. The fourth-order valence-electron chi connectivity index (χ4n) is 2.87. The maximum Gasteiger partial charge on any atom is 0.222 e. The largest absolute Gasteiger partial charge is 0.385 e. The van der Waals surface area contributed by atoms with E-state index < -0.39 is 0 Å². The second-order valence-electron chi connectivity index (χ2n) is 6.16. The standard InChI is InChI=1S/C19H30N4O2/c1-3-20-19(21-11-7-13-25-2)22-14-16-8-4-5-9-17(16)15-23-12-6-10-18(23)24/h4-5,8-9H,3,6-7,10-15H2,1-2H3,(H2,20,21,22). The number of nitrogens with one attached hydrogen (secondary N) is 2. The molecule has 2 rings (SSSR count). The number of carbonyl (C=O) groups is 1. The number of nitrogens with zero attached hydrogens (tertiary/aromatic N) is 2. The summed E-state index contributed by atoms with van der Waals surface area (Å²) < 4.78 is 5.07. The van der Waals surface area contributed by atoms with Crippen molar-refractivity contribution < 1.29 is 9.53 Å². The average Bonchev–Trinajstić information content (AvgIpc) is 3.02. The number of hydrogen-bond acceptors (Lipinski definition) is 3. The zero-order chi connectivity index (χ0) is 17.9. The second kappa shape index (κ2) is 10.7. The molecule has 1 fully saturated rings. The molecule has 1 aliphatic rings. The molecular weight excluding hydrogens is 316 g/mol. The van der Waals surface area contributed by atoms with Crippen molar-refractivity contribution >= 4 is 11.9 Å². The Hall–Kier alpha value is -2.08. The smallest absolute Gasteiger partial charge is 0.222 e. The average molecular weight is 346 g/mol. The molecule has 0 aromatic heterocycles. The third-order valence-corrected chi connectivity index (χ3v) is 4.22. The third-order valence-electron chi connectivity index (χ3n) is 4.22. The number of amides is 1. The van der Waals surface area contributed by atoms with Crippen molar-refractivity contribution in [2.24, 2.45) is 4.99 Å². The Morgan fingerprint density at radius 3 is 2.76 bits per heavy atom. The van der Waals surface area contributed by atoms with E-state index in [0.717, 1.165) is 50.6 Å². The number of benzene rings is 1. The summed E-state index contributed by atoms with van der Waals surface area (Å²) in [5, 5.41) is 6.58. The van der Waals surface area contributed by atoms with Gasteiger partial charge in [0.25, 0.3) is 0 Å². The van der Waals surface area contributed by atoms with Gasteiger partial charge in [0.2, 0.25) is 5.91 Å². The Bertz CT molecular complexity index is 574. The van der Waals surface area contributed by atoms with Gasteiger partial charge in [-0.05, 0) is 30.9 Å². The number of hydrogen-bond donors (Lipinski definition) is 2. The predicted molar refractivity (Wildman–Crippen MR) is 100 cm³/mol. The third kappa shape index (κ3) is 6.38. The van der Waals surface area contributed by atoms with Crippen LogP contribution in [0.15, 0.2) is 29.3 Å². The number of carbonyl (C=O) groups excluding carboxylic acids is 1. The zero-order valence-electron chi connectivity index (χ0n) is 15.4. The molecule has 1 heterocycles. The van der Waals surface area contributed by atoms with Crippen molar-refractivity contribution in [3.05, 3.63) is 35.4 Å². The van der Waals surface area contributed by atoms with Gasteiger partial charge in [-0.25, -0.2) is 4.99 Å². The summed E-state index contributed by atoms with van der Waals surface area (Å²) in [6.07, 6.45) is 2.58. The van der Waals surface area contributed by atoms with E-state index in [9.17, 15) is 4.79 Å². The normalized spacial score (nSPS) is 14.9. The molecular formula is C19H30N4O2. The molecule has 1 amide bonds. The van der Waals surface area contributed by atoms with Crippen molar-refractivity contribution in [1.29, 1.82) is 0 Å². The minimum atomic E-state index is 0.256. The lowest BCUT2D eigenvalue weighted by molar-refractivity contribution is -0.128. The van der Waals surface area contributed by atoms with E-state index in [1.165, 1.54) is 5.56 Å². The number of methoxy groups -OCH3 is 1. The fraction of sp³-hybridized carbons (Fsp3) is 0.579. The van der Waals surface area contributed by atoms with Crippen LogP contribution in [-0.2, 0) is 22.6 Å². The molecule has 1 saturated heterocycles. The molecule has 1 aromatic rings. The van der Waals surface area contributed by atoms with Crippen LogP contribution in [0.1, 0.15) is 37.3 Å². The summed E-state index contributed by atoms with van der Waals surface area (Å²) in [6.45, 7) is 6.57. The highest BCUT2D eigenvalue weighted by atomic mass is 16.5. The van der Waals surface area contributed by atoms with Gasteiger partial charge in [0.1, 0.15) is 0 Å². The molecule has 0 saturated carbocycles. The molecule has 0 atom stereocenters. The first-order chi connectivity index (χ1) is 12.2. The van der Waals surface area contributed by atoms with Crippen LogP contribution in [0.2, 0.25) is 0 Å². The molecule has 0 radical (unpaired) electrons. The van der Waals surface area contributed by atoms with Crippen LogP contribution < -0.4 is 10.6 Å². The maximum absolute atomic E-state index is 11.9. The van der Waals surface area contributed by atoms with Gasteiger partial charge in [0.15, 0.2) is 5.96 Å². The van der Waals surface area contributed by atoms with Crippen molar-refractivity contribution in [2.45, 2.75) is 39.3 Å². The zero-order valence-corrected chi connectivity index (χ0v) is 15.4. The Morgan fingerprint density at radius 2 is 2.08 bits per heavy atom. The van der Waals surface area contributed by atoms with Gasteiger partial charge in [-0.3, -0.25) is 4.79 Å². The van der Waals surface area contributed by atoms with Crippen molar-refractivity contribution in [3.8, 4) is 0 Å². The van der Waals surface area contributed by atoms with Gasteiger partial charge >= 0.3 is 0 Å². The Balaban J connectivity index is 1.98. The molecule has 1 aromatic carbocycles. The summed E-state index contributed by atoms with van der Waals surface area (Å²) in [5.74, 6) is 1.07. The quantitative estimate of drug-likeness (QED) is 0.407. The maximum atomic E-state index is 11.9. The number of rotatable bonds is 9. The topological polar surface area (TPSA) is 66.0 Å². The Labute approximate surface area is 150 Å². The van der Waals surface area contributed by atoms with Crippen molar-refractivity contribution in [3.63, 3.8) is 0 Å². The van der Waals surface area contributed by atoms with E-state index in [0.29, 0.717) is 19.5 Å². The van der Waals surface area contributed by atoms with Gasteiger partial charge in [0, 0.05) is 46.3 Å². The molecule has 0 unspecified atom stereocenters. The van der Waals surface area contributed by atoms with Crippen LogP contribution in [0, 0.1) is 0 Å². The van der Waals surface area contributed by atoms with E-state index >= 15 is 0 Å². The predicted octanol–water partition coefficient (Wildman–Crippen LogP) is 1.90. The lowest BCUT2D eigenvalue weighted by Crippen LogP contribution is -2.38. The Morgan fingerprint density at radius 1 is 1.28 bits per heavy atom. The van der Waals surface area contributed by atoms with E-state index in [1.807, 2.05) is 17.0 Å². The van der Waals surface area contributed by atoms with Crippen LogP contribution in [0.25, 0.3) is 0 Å². The highest BCUT2D eigenvalue weighted by Crippen LogP contribution is 2.17. The molecule has 0 spiro atoms. The molecule has 25 heavy (non-hydrogen) atoms. The van der Waals surface area contributed by atoms with Gasteiger partial charge in [-0.2, -0.15) is 0 Å². The number of likely N-dealkylation sites (tertiary alicyclic amines) is 1. The second-order valence-corrected chi connectivity index (χ2v) is 6.16. The van der Waals surface area contributed by atoms with E-state index in [-0.39, 0.29) is 5.91 Å². The molecule has 138 valence electrons. The number of aliphatic imine (C=N–C) groups is 1. The first-order valence-electron chi connectivity index (χ1n) is 9.10. The van der Waals surface area contributed by atoms with Crippen LogP contribution in [0.3, 0.4) is 0 Å². The molecule has 0 bridgehead atoms. The van der Waals surface area contributed by atoms with Gasteiger partial charge in [-0.1, -0.05) is 24.3 Å². The molecule has 6 heteroatoms. The highest BCUT2D eigenvalue weighted by Gasteiger charge is 2.20. The van der Waals surface area contributed by atoms with Crippen LogP contribution in [0.4, 0.5) is 0 Å². The molecule has 2 N–H and O–H groups in total. The fourth-order valence-corrected chi connectivity index (χ4v) is 2.87. The summed E-state index contributed by atoms with van der Waals surface area (Å²) >= 11 is 0. The van der Waals surface area contributed by atoms with Crippen LogP contribution in [0.5, 0.6) is 0 Å².